The zero-order valence-electron chi connectivity index (χ0n) is 14.3. The van der Waals surface area contributed by atoms with Crippen molar-refractivity contribution in [2.45, 2.75) is 52.1 Å². The second kappa shape index (κ2) is 6.51. The van der Waals surface area contributed by atoms with Crippen molar-refractivity contribution < 1.29 is 9.53 Å². The maximum atomic E-state index is 12.4. The molecule has 0 spiro atoms. The van der Waals surface area contributed by atoms with Gasteiger partial charge in [-0.25, -0.2) is 4.79 Å². The van der Waals surface area contributed by atoms with E-state index in [9.17, 15) is 4.79 Å². The van der Waals surface area contributed by atoms with Gasteiger partial charge in [0.1, 0.15) is 6.10 Å². The van der Waals surface area contributed by atoms with Gasteiger partial charge >= 0.3 is 5.97 Å². The van der Waals surface area contributed by atoms with E-state index in [1.807, 2.05) is 30.3 Å². The van der Waals surface area contributed by atoms with Gasteiger partial charge in [0.15, 0.2) is 0 Å². The summed E-state index contributed by atoms with van der Waals surface area (Å²) in [4.78, 5) is 12.4. The summed E-state index contributed by atoms with van der Waals surface area (Å²) in [5.74, 6) is 1.54. The Kier molecular flexibility index (Phi) is 4.61. The topological polar surface area (TPSA) is 26.3 Å². The zero-order chi connectivity index (χ0) is 16.4. The van der Waals surface area contributed by atoms with Crippen LogP contribution in [0.15, 0.2) is 43.0 Å². The molecule has 0 aliphatic heterocycles. The summed E-state index contributed by atoms with van der Waals surface area (Å²) in [7, 11) is 0. The SMILES string of the molecule is C=C[C@@H](C)[C@H]1CC[C@H]2[C@@H](OC(=O)c3ccccc3)CCC[C@]12C. The lowest BCUT2D eigenvalue weighted by atomic mass is 9.62. The van der Waals surface area contributed by atoms with Gasteiger partial charge in [0.25, 0.3) is 0 Å². The molecule has 0 amide bonds. The second-order valence-electron chi connectivity index (χ2n) is 7.59. The molecule has 2 fully saturated rings. The summed E-state index contributed by atoms with van der Waals surface area (Å²) in [5, 5.41) is 0. The standard InChI is InChI=1S/C21H28O2/c1-4-15(2)17-12-13-18-19(11-8-14-21(17,18)3)23-20(22)16-9-6-5-7-10-16/h4-7,9-10,15,17-19H,1,8,11-14H2,2-3H3/t15-,17-,18+,19+,21-/m1/s1. The van der Waals surface area contributed by atoms with Crippen molar-refractivity contribution in [1.29, 1.82) is 0 Å². The number of rotatable bonds is 4. The van der Waals surface area contributed by atoms with E-state index in [-0.39, 0.29) is 17.5 Å². The summed E-state index contributed by atoms with van der Waals surface area (Å²) >= 11 is 0. The molecule has 2 nitrogen and oxygen atoms in total. The zero-order valence-corrected chi connectivity index (χ0v) is 14.3. The number of esters is 1. The third-order valence-corrected chi connectivity index (χ3v) is 6.41. The van der Waals surface area contributed by atoms with Crippen LogP contribution in [0.3, 0.4) is 0 Å². The van der Waals surface area contributed by atoms with Gasteiger partial charge < -0.3 is 4.74 Å². The van der Waals surface area contributed by atoms with Gasteiger partial charge in [-0.1, -0.05) is 38.1 Å². The highest BCUT2D eigenvalue weighted by Gasteiger charge is 2.53. The molecular weight excluding hydrogens is 284 g/mol. The van der Waals surface area contributed by atoms with Crippen LogP contribution in [-0.4, -0.2) is 12.1 Å². The molecule has 1 aromatic carbocycles. The highest BCUT2D eigenvalue weighted by atomic mass is 16.5. The molecule has 2 saturated carbocycles. The first-order valence-corrected chi connectivity index (χ1v) is 8.95. The van der Waals surface area contributed by atoms with Gasteiger partial charge in [-0.2, -0.15) is 0 Å². The first kappa shape index (κ1) is 16.3. The van der Waals surface area contributed by atoms with Crippen molar-refractivity contribution in [2.24, 2.45) is 23.2 Å². The molecule has 2 aliphatic carbocycles. The van der Waals surface area contributed by atoms with Crippen LogP contribution >= 0.6 is 0 Å². The third-order valence-electron chi connectivity index (χ3n) is 6.41. The van der Waals surface area contributed by atoms with E-state index in [4.69, 9.17) is 4.74 Å². The highest BCUT2D eigenvalue weighted by Crippen LogP contribution is 2.58. The van der Waals surface area contributed by atoms with Gasteiger partial charge in [-0.05, 0) is 61.5 Å². The predicted molar refractivity (Wildman–Crippen MR) is 93.2 cm³/mol. The van der Waals surface area contributed by atoms with Crippen LogP contribution < -0.4 is 0 Å². The molecule has 0 aromatic heterocycles. The van der Waals surface area contributed by atoms with Crippen LogP contribution in [0.1, 0.15) is 56.3 Å². The Morgan fingerprint density at radius 1 is 1.30 bits per heavy atom. The number of carbonyl (C=O) groups is 1. The number of carbonyl (C=O) groups excluding carboxylic acids is 1. The average Bonchev–Trinajstić information content (AvgIpc) is 2.93. The average molecular weight is 312 g/mol. The Labute approximate surface area is 139 Å². The largest absolute Gasteiger partial charge is 0.458 e. The van der Waals surface area contributed by atoms with Crippen molar-refractivity contribution in [3.05, 3.63) is 48.6 Å². The molecule has 0 unspecified atom stereocenters. The fourth-order valence-corrected chi connectivity index (χ4v) is 5.11. The first-order chi connectivity index (χ1) is 11.1. The van der Waals surface area contributed by atoms with E-state index in [1.54, 1.807) is 0 Å². The van der Waals surface area contributed by atoms with Gasteiger partial charge in [-0.3, -0.25) is 0 Å². The van der Waals surface area contributed by atoms with E-state index in [1.165, 1.54) is 19.3 Å². The minimum atomic E-state index is -0.167. The van der Waals surface area contributed by atoms with Crippen molar-refractivity contribution in [1.82, 2.24) is 0 Å². The number of ether oxygens (including phenoxy) is 1. The van der Waals surface area contributed by atoms with E-state index in [0.29, 0.717) is 23.3 Å². The maximum Gasteiger partial charge on any atom is 0.338 e. The summed E-state index contributed by atoms with van der Waals surface area (Å²) in [5.41, 5.74) is 0.946. The van der Waals surface area contributed by atoms with Crippen molar-refractivity contribution in [3.63, 3.8) is 0 Å². The molecule has 124 valence electrons. The first-order valence-electron chi connectivity index (χ1n) is 8.95. The molecule has 0 heterocycles. The Bertz CT molecular complexity index is 564. The number of fused-ring (bicyclic) bond motifs is 1. The molecule has 23 heavy (non-hydrogen) atoms. The van der Waals surface area contributed by atoms with Crippen molar-refractivity contribution in [3.8, 4) is 0 Å². The van der Waals surface area contributed by atoms with Crippen molar-refractivity contribution >= 4 is 5.97 Å². The van der Waals surface area contributed by atoms with Crippen LogP contribution in [0.25, 0.3) is 0 Å². The molecule has 3 rings (SSSR count). The molecule has 2 heteroatoms. The minimum Gasteiger partial charge on any atom is -0.458 e. The van der Waals surface area contributed by atoms with Gasteiger partial charge in [-0.15, -0.1) is 6.58 Å². The molecule has 0 N–H and O–H groups in total. The lowest BCUT2D eigenvalue weighted by molar-refractivity contribution is -0.0444. The van der Waals surface area contributed by atoms with E-state index in [2.05, 4.69) is 26.5 Å². The third kappa shape index (κ3) is 2.96. The van der Waals surface area contributed by atoms with E-state index < -0.39 is 0 Å². The summed E-state index contributed by atoms with van der Waals surface area (Å²) in [6, 6.07) is 9.37. The molecule has 2 aliphatic rings. The summed E-state index contributed by atoms with van der Waals surface area (Å²) in [6.45, 7) is 8.69. The molecule has 1 aromatic rings. The van der Waals surface area contributed by atoms with Crippen LogP contribution in [0.2, 0.25) is 0 Å². The van der Waals surface area contributed by atoms with Crippen molar-refractivity contribution in [2.75, 3.05) is 0 Å². The second-order valence-corrected chi connectivity index (χ2v) is 7.59. The highest BCUT2D eigenvalue weighted by molar-refractivity contribution is 5.89. The Morgan fingerprint density at radius 2 is 2.04 bits per heavy atom. The van der Waals surface area contributed by atoms with Gasteiger partial charge in [0, 0.05) is 5.92 Å². The lowest BCUT2D eigenvalue weighted by Gasteiger charge is -2.45. The number of hydrogen-bond acceptors (Lipinski definition) is 2. The normalized spacial score (nSPS) is 34.4. The Hall–Kier alpha value is -1.57. The minimum absolute atomic E-state index is 0.0727. The van der Waals surface area contributed by atoms with Crippen LogP contribution in [0, 0.1) is 23.2 Å². The predicted octanol–water partition coefficient (Wildman–Crippen LogP) is 5.25. The van der Waals surface area contributed by atoms with Crippen LogP contribution in [-0.2, 0) is 4.74 Å². The Morgan fingerprint density at radius 3 is 2.74 bits per heavy atom. The van der Waals surface area contributed by atoms with Crippen LogP contribution in [0.4, 0.5) is 0 Å². The molecule has 5 atom stereocenters. The monoisotopic (exact) mass is 312 g/mol. The quantitative estimate of drug-likeness (QED) is 0.560. The molecule has 0 saturated heterocycles. The van der Waals surface area contributed by atoms with E-state index >= 15 is 0 Å². The lowest BCUT2D eigenvalue weighted by Crippen LogP contribution is -2.43. The van der Waals surface area contributed by atoms with Gasteiger partial charge in [0.05, 0.1) is 5.56 Å². The maximum absolute atomic E-state index is 12.4. The van der Waals surface area contributed by atoms with E-state index in [0.717, 1.165) is 12.8 Å². The fourth-order valence-electron chi connectivity index (χ4n) is 5.11. The Balaban J connectivity index is 1.75. The fraction of sp³-hybridized carbons (Fsp3) is 0.571. The molecule has 0 radical (unpaired) electrons. The number of hydrogen-bond donors (Lipinski definition) is 0. The summed E-state index contributed by atoms with van der Waals surface area (Å²) < 4.78 is 5.95. The number of benzene rings is 1. The smallest absolute Gasteiger partial charge is 0.338 e. The molecular formula is C21H28O2. The summed E-state index contributed by atoms with van der Waals surface area (Å²) in [6.07, 6.45) is 7.98. The van der Waals surface area contributed by atoms with Gasteiger partial charge in [0.2, 0.25) is 0 Å². The number of allylic oxidation sites excluding steroid dienone is 1. The van der Waals surface area contributed by atoms with Crippen LogP contribution in [0.5, 0.6) is 0 Å². The molecule has 0 bridgehead atoms.